The quantitative estimate of drug-likeness (QED) is 0.262. The average molecular weight is 52.9 g/mol. The van der Waals surface area contributed by atoms with Gasteiger partial charge in [-0.2, -0.15) is 0 Å². The Morgan fingerprint density at radius 3 is 3.25 bits per heavy atom. The Bertz CT molecular complexity index is 59.0. The van der Waals surface area contributed by atoms with Gasteiger partial charge < -0.3 is 0 Å². The second-order valence-corrected chi connectivity index (χ2v) is 0.530. The van der Waals surface area contributed by atoms with Gasteiger partial charge in [0.1, 0.15) is 9.22 Å². The third kappa shape index (κ3) is 1.62. The maximum atomic E-state index is 6.24. The first-order chi connectivity index (χ1) is 2.41. The number of hydrogen-bond donors (Lipinski definition) is 0. The Labute approximate surface area is 29.0 Å². The van der Waals surface area contributed by atoms with E-state index in [1.165, 1.54) is 0 Å². The zero-order chi connectivity index (χ0) is 4.12. The van der Waals surface area contributed by atoms with E-state index < -0.39 is 0 Å². The molecule has 0 saturated carbocycles. The number of hydrogen-bond acceptors (Lipinski definition) is 0. The molecule has 0 rings (SSSR count). The van der Waals surface area contributed by atoms with E-state index in [2.05, 4.69) is 5.92 Å². The van der Waals surface area contributed by atoms with E-state index in [1.807, 2.05) is 14.2 Å². The van der Waals surface area contributed by atoms with Gasteiger partial charge in [-0.3, -0.25) is 0 Å². The highest BCUT2D eigenvalue weighted by Gasteiger charge is 1.46. The van der Waals surface area contributed by atoms with Crippen LogP contribution >= 0.6 is 0 Å². The molecule has 0 aliphatic heterocycles. The Morgan fingerprint density at radius 2 is 3.25 bits per heavy atom. The minimum Gasteiger partial charge on any atom is -0.121 e. The van der Waals surface area contributed by atoms with E-state index in [4.69, 9.17) is 1.37 Å². The lowest BCUT2D eigenvalue weighted by Crippen LogP contribution is -1.48. The summed E-state index contributed by atoms with van der Waals surface area (Å²) in [5.74, 6) is 2.53. The van der Waals surface area contributed by atoms with Crippen molar-refractivity contribution < 1.29 is 1.37 Å². The van der Waals surface area contributed by atoms with E-state index in [-0.39, 0.29) is 0 Å². The first-order valence-electron chi connectivity index (χ1n) is 1.81. The molecule has 0 saturated heterocycles. The molecule has 0 nitrogen and oxygen atoms in total. The van der Waals surface area contributed by atoms with Crippen molar-refractivity contribution in [1.29, 1.82) is 0 Å². The summed E-state index contributed by atoms with van der Waals surface area (Å²) in [6.07, 6.45) is 2.81. The van der Waals surface area contributed by atoms with E-state index in [0.717, 1.165) is 6.32 Å². The van der Waals surface area contributed by atoms with Crippen LogP contribution in [0.15, 0.2) is 0 Å². The highest BCUT2D eigenvalue weighted by molar-refractivity contribution is 6.10. The van der Waals surface area contributed by atoms with Crippen LogP contribution < -0.4 is 0 Å². The summed E-state index contributed by atoms with van der Waals surface area (Å²) < 4.78 is 6.24. The summed E-state index contributed by atoms with van der Waals surface area (Å²) in [6, 6.07) is 0. The average Bonchev–Trinajstić information content (AvgIpc) is 1.41. The van der Waals surface area contributed by atoms with E-state index in [9.17, 15) is 0 Å². The fraction of sp³-hybridized carbons (Fsp3) is 0.333. The zero-order valence-electron chi connectivity index (χ0n) is 3.71. The van der Waals surface area contributed by atoms with Gasteiger partial charge in [0.05, 0.1) is 0 Å². The minimum absolute atomic E-state index is 0.795. The standard InChI is InChI=1S/C3H5B/c1-2-3-4/h1H,3-4H2/i1D. The van der Waals surface area contributed by atoms with Gasteiger partial charge in [-0.15, -0.1) is 12.3 Å². The van der Waals surface area contributed by atoms with Crippen LogP contribution in [0.4, 0.5) is 0 Å². The molecule has 4 heavy (non-hydrogen) atoms. The Hall–Kier alpha value is -0.375. The molecule has 0 fully saturated rings. The van der Waals surface area contributed by atoms with Crippen molar-refractivity contribution in [3.05, 3.63) is 0 Å². The maximum absolute atomic E-state index is 6.24. The molecule has 1 heteroatoms. The Balaban J connectivity index is 2.81. The van der Waals surface area contributed by atoms with Crippen molar-refractivity contribution >= 4 is 7.85 Å². The lowest BCUT2D eigenvalue weighted by Gasteiger charge is -1.51. The van der Waals surface area contributed by atoms with Gasteiger partial charge in [0.25, 0.3) is 0 Å². The van der Waals surface area contributed by atoms with Crippen LogP contribution in [0.2, 0.25) is 6.32 Å². The molecule has 0 atom stereocenters. The van der Waals surface area contributed by atoms with Crippen LogP contribution in [0, 0.1) is 12.3 Å². The predicted octanol–water partition coefficient (Wildman–Crippen LogP) is -0.329. The topological polar surface area (TPSA) is 0 Å². The molecule has 0 radical (unpaired) electrons. The monoisotopic (exact) mass is 53.1 g/mol. The van der Waals surface area contributed by atoms with Gasteiger partial charge in [0.2, 0.25) is 0 Å². The third-order valence-electron chi connectivity index (χ3n) is 0.177. The van der Waals surface area contributed by atoms with Crippen molar-refractivity contribution in [2.24, 2.45) is 0 Å². The van der Waals surface area contributed by atoms with Gasteiger partial charge in [-0.05, 0) is 6.32 Å². The Kier molecular flexibility index (Phi) is 1.25. The van der Waals surface area contributed by atoms with Crippen molar-refractivity contribution in [2.45, 2.75) is 6.32 Å². The summed E-state index contributed by atoms with van der Waals surface area (Å²) in [7, 11) is 1.92. The third-order valence-corrected chi connectivity index (χ3v) is 0.177. The van der Waals surface area contributed by atoms with Crippen molar-refractivity contribution in [2.75, 3.05) is 0 Å². The summed E-state index contributed by atoms with van der Waals surface area (Å²) in [5.41, 5.74) is 0. The van der Waals surface area contributed by atoms with Crippen molar-refractivity contribution in [3.63, 3.8) is 0 Å². The first-order valence-corrected chi connectivity index (χ1v) is 1.31. The molecule has 0 bridgehead atoms. The number of terminal acetylenes is 1. The van der Waals surface area contributed by atoms with Gasteiger partial charge >= 0.3 is 0 Å². The molecular formula is C3H5B. The second-order valence-electron chi connectivity index (χ2n) is 0.530. The summed E-state index contributed by atoms with van der Waals surface area (Å²) in [4.78, 5) is 0. The zero-order valence-corrected chi connectivity index (χ0v) is 2.71. The molecular weight excluding hydrogens is 46.8 g/mol. The molecule has 0 aromatic rings. The fourth-order valence-corrected chi connectivity index (χ4v) is 0. The van der Waals surface area contributed by atoms with Gasteiger partial charge in [-0.25, -0.2) is 0 Å². The minimum atomic E-state index is 0.795. The molecule has 0 aromatic heterocycles. The van der Waals surface area contributed by atoms with Gasteiger partial charge in [-0.1, -0.05) is 0 Å². The molecule has 0 heterocycles. The molecule has 0 aliphatic carbocycles. The molecule has 0 unspecified atom stereocenters. The highest BCUT2D eigenvalue weighted by atomic mass is 13.3. The predicted molar refractivity (Wildman–Crippen MR) is 22.2 cm³/mol. The molecule has 0 N–H and O–H groups in total. The highest BCUT2D eigenvalue weighted by Crippen LogP contribution is 1.52. The lowest BCUT2D eigenvalue weighted by molar-refractivity contribution is 1.89. The first kappa shape index (κ1) is 1.90. The van der Waals surface area contributed by atoms with Gasteiger partial charge in [0.15, 0.2) is 0 Å². The normalized spacial score (nSPS) is 6.50. The van der Waals surface area contributed by atoms with Gasteiger partial charge in [0, 0.05) is 0 Å². The molecule has 0 amide bonds. The summed E-state index contributed by atoms with van der Waals surface area (Å²) in [6.45, 7) is 0. The molecule has 0 aliphatic rings. The largest absolute Gasteiger partial charge is 0.124 e. The molecule has 20 valence electrons. The summed E-state index contributed by atoms with van der Waals surface area (Å²) in [5, 5.41) is 0. The van der Waals surface area contributed by atoms with Crippen molar-refractivity contribution in [1.82, 2.24) is 0 Å². The van der Waals surface area contributed by atoms with Crippen LogP contribution in [0.1, 0.15) is 1.37 Å². The van der Waals surface area contributed by atoms with Crippen LogP contribution in [0.5, 0.6) is 0 Å². The van der Waals surface area contributed by atoms with Crippen LogP contribution in [-0.2, 0) is 0 Å². The second kappa shape index (κ2) is 2.62. The summed E-state index contributed by atoms with van der Waals surface area (Å²) >= 11 is 0. The van der Waals surface area contributed by atoms with E-state index >= 15 is 0 Å². The van der Waals surface area contributed by atoms with E-state index in [0.29, 0.717) is 0 Å². The fourth-order valence-electron chi connectivity index (χ4n) is 0. The molecule has 0 aromatic carbocycles. The van der Waals surface area contributed by atoms with Crippen LogP contribution in [0.3, 0.4) is 0 Å². The van der Waals surface area contributed by atoms with Crippen molar-refractivity contribution in [3.8, 4) is 12.3 Å². The SMILES string of the molecule is [2H]C#CCB. The molecule has 0 spiro atoms. The smallest absolute Gasteiger partial charge is 0.121 e. The van der Waals surface area contributed by atoms with E-state index in [1.54, 1.807) is 0 Å². The van der Waals surface area contributed by atoms with Crippen LogP contribution in [0.25, 0.3) is 0 Å². The number of rotatable bonds is 0. The lowest BCUT2D eigenvalue weighted by atomic mass is 10.1. The Morgan fingerprint density at radius 1 is 2.50 bits per heavy atom. The van der Waals surface area contributed by atoms with Crippen LogP contribution in [-0.4, -0.2) is 7.85 Å². The maximum Gasteiger partial charge on any atom is 0.124 e.